The molecule has 0 aliphatic heterocycles. The third-order valence-corrected chi connectivity index (χ3v) is 5.23. The van der Waals surface area contributed by atoms with Crippen molar-refractivity contribution in [3.05, 3.63) is 58.7 Å². The highest BCUT2D eigenvalue weighted by molar-refractivity contribution is 9.10. The number of hydrogen-bond acceptors (Lipinski definition) is 3. The van der Waals surface area contributed by atoms with E-state index in [-0.39, 0.29) is 0 Å². The number of aromatic amines is 1. The Balaban J connectivity index is 1.63. The minimum atomic E-state index is 0.556. The standard InChI is InChI=1S/C21H26BrN3O/c1-3-5-16(17-6-9-19(22)10-7-17)12-13-25(4-2)26-20-11-8-18-15-23-24-21(18)14-20/h6-11,14-16H,3-5,12-13H2,1-2H3,(H,23,24). The minimum absolute atomic E-state index is 0.556. The Kier molecular flexibility index (Phi) is 6.69. The summed E-state index contributed by atoms with van der Waals surface area (Å²) >= 11 is 3.52. The molecule has 1 unspecified atom stereocenters. The first kappa shape index (κ1) is 18.9. The van der Waals surface area contributed by atoms with Gasteiger partial charge in [-0.2, -0.15) is 5.10 Å². The van der Waals surface area contributed by atoms with Crippen LogP contribution in [0.1, 0.15) is 44.6 Å². The lowest BCUT2D eigenvalue weighted by Gasteiger charge is -2.24. The zero-order chi connectivity index (χ0) is 18.4. The Bertz CT molecular complexity index is 815. The van der Waals surface area contributed by atoms with Gasteiger partial charge in [-0.25, -0.2) is 0 Å². The van der Waals surface area contributed by atoms with Gasteiger partial charge >= 0.3 is 0 Å². The molecule has 5 heteroatoms. The van der Waals surface area contributed by atoms with E-state index in [1.165, 1.54) is 18.4 Å². The molecule has 1 N–H and O–H groups in total. The van der Waals surface area contributed by atoms with Crippen LogP contribution in [0.4, 0.5) is 0 Å². The van der Waals surface area contributed by atoms with Crippen LogP contribution in [0, 0.1) is 0 Å². The summed E-state index contributed by atoms with van der Waals surface area (Å²) in [5, 5.41) is 10.2. The number of rotatable bonds is 9. The number of H-pyrrole nitrogens is 1. The van der Waals surface area contributed by atoms with Crippen molar-refractivity contribution < 1.29 is 4.84 Å². The van der Waals surface area contributed by atoms with E-state index in [0.717, 1.165) is 40.6 Å². The molecule has 1 heterocycles. The fraction of sp³-hybridized carbons (Fsp3) is 0.381. The highest BCUT2D eigenvalue weighted by Crippen LogP contribution is 2.27. The molecule has 4 nitrogen and oxygen atoms in total. The summed E-state index contributed by atoms with van der Waals surface area (Å²) < 4.78 is 1.13. The average molecular weight is 416 g/mol. The van der Waals surface area contributed by atoms with Gasteiger partial charge in [0.1, 0.15) is 5.75 Å². The van der Waals surface area contributed by atoms with Gasteiger partial charge in [0.05, 0.1) is 11.7 Å². The van der Waals surface area contributed by atoms with E-state index in [2.05, 4.69) is 64.2 Å². The molecule has 0 aliphatic rings. The van der Waals surface area contributed by atoms with E-state index in [4.69, 9.17) is 4.84 Å². The minimum Gasteiger partial charge on any atom is -0.406 e. The number of halogens is 1. The SMILES string of the molecule is CCCC(CCN(CC)Oc1ccc2cn[nH]c2c1)c1ccc(Br)cc1. The van der Waals surface area contributed by atoms with Crippen LogP contribution in [0.25, 0.3) is 10.9 Å². The van der Waals surface area contributed by atoms with Gasteiger partial charge in [0.25, 0.3) is 0 Å². The van der Waals surface area contributed by atoms with Crippen LogP contribution >= 0.6 is 15.9 Å². The van der Waals surface area contributed by atoms with E-state index in [9.17, 15) is 0 Å². The smallest absolute Gasteiger partial charge is 0.149 e. The second kappa shape index (κ2) is 9.19. The molecule has 3 aromatic rings. The van der Waals surface area contributed by atoms with Crippen LogP contribution in [0.15, 0.2) is 53.1 Å². The Morgan fingerprint density at radius 2 is 1.92 bits per heavy atom. The van der Waals surface area contributed by atoms with E-state index in [1.54, 1.807) is 0 Å². The zero-order valence-electron chi connectivity index (χ0n) is 15.4. The Morgan fingerprint density at radius 3 is 2.65 bits per heavy atom. The Hall–Kier alpha value is -1.85. The van der Waals surface area contributed by atoms with Crippen molar-refractivity contribution in [3.63, 3.8) is 0 Å². The first-order valence-corrected chi connectivity index (χ1v) is 10.1. The molecular formula is C21H26BrN3O. The summed E-state index contributed by atoms with van der Waals surface area (Å²) in [6, 6.07) is 14.8. The third kappa shape index (κ3) is 4.86. The van der Waals surface area contributed by atoms with Gasteiger partial charge in [0, 0.05) is 29.0 Å². The van der Waals surface area contributed by atoms with E-state index in [1.807, 2.05) is 29.5 Å². The first-order valence-electron chi connectivity index (χ1n) is 9.31. The van der Waals surface area contributed by atoms with Crippen LogP contribution in [0.3, 0.4) is 0 Å². The van der Waals surface area contributed by atoms with Gasteiger partial charge in [-0.05, 0) is 55.5 Å². The fourth-order valence-electron chi connectivity index (χ4n) is 3.25. The fourth-order valence-corrected chi connectivity index (χ4v) is 3.52. The van der Waals surface area contributed by atoms with Crippen molar-refractivity contribution in [1.29, 1.82) is 0 Å². The maximum Gasteiger partial charge on any atom is 0.149 e. The van der Waals surface area contributed by atoms with Crippen LogP contribution in [-0.2, 0) is 0 Å². The van der Waals surface area contributed by atoms with Gasteiger partial charge in [0.2, 0.25) is 0 Å². The Labute approximate surface area is 163 Å². The lowest BCUT2D eigenvalue weighted by molar-refractivity contribution is -0.0557. The molecule has 0 saturated carbocycles. The van der Waals surface area contributed by atoms with Gasteiger partial charge in [0.15, 0.2) is 0 Å². The van der Waals surface area contributed by atoms with Gasteiger partial charge in [-0.3, -0.25) is 5.10 Å². The normalized spacial score (nSPS) is 12.6. The predicted octanol–water partition coefficient (Wildman–Crippen LogP) is 5.92. The van der Waals surface area contributed by atoms with E-state index >= 15 is 0 Å². The van der Waals surface area contributed by atoms with Crippen LogP contribution in [0.2, 0.25) is 0 Å². The van der Waals surface area contributed by atoms with Crippen LogP contribution < -0.4 is 4.84 Å². The molecule has 0 spiro atoms. The molecule has 3 rings (SSSR count). The summed E-state index contributed by atoms with van der Waals surface area (Å²) in [7, 11) is 0. The molecule has 0 fully saturated rings. The molecule has 2 aromatic carbocycles. The molecule has 1 aromatic heterocycles. The van der Waals surface area contributed by atoms with Gasteiger partial charge < -0.3 is 4.84 Å². The first-order chi connectivity index (χ1) is 12.7. The van der Waals surface area contributed by atoms with Crippen molar-refractivity contribution in [2.75, 3.05) is 13.1 Å². The van der Waals surface area contributed by atoms with Crippen LogP contribution in [0.5, 0.6) is 5.75 Å². The van der Waals surface area contributed by atoms with Crippen molar-refractivity contribution in [3.8, 4) is 5.75 Å². The third-order valence-electron chi connectivity index (χ3n) is 4.71. The van der Waals surface area contributed by atoms with E-state index < -0.39 is 0 Å². The molecular weight excluding hydrogens is 390 g/mol. The maximum absolute atomic E-state index is 6.10. The lowest BCUT2D eigenvalue weighted by atomic mass is 9.91. The number of nitrogens with zero attached hydrogens (tertiary/aromatic N) is 2. The molecule has 0 amide bonds. The van der Waals surface area contributed by atoms with Crippen molar-refractivity contribution in [2.24, 2.45) is 0 Å². The molecule has 1 atom stereocenters. The molecule has 0 aliphatic carbocycles. The number of aromatic nitrogens is 2. The van der Waals surface area contributed by atoms with E-state index in [0.29, 0.717) is 5.92 Å². The zero-order valence-corrected chi connectivity index (χ0v) is 17.0. The molecule has 0 saturated heterocycles. The number of hydroxylamine groups is 2. The lowest BCUT2D eigenvalue weighted by Crippen LogP contribution is -2.29. The highest BCUT2D eigenvalue weighted by atomic mass is 79.9. The van der Waals surface area contributed by atoms with Gasteiger partial charge in [-0.15, -0.1) is 5.06 Å². The second-order valence-electron chi connectivity index (χ2n) is 6.56. The molecule has 0 radical (unpaired) electrons. The summed E-state index contributed by atoms with van der Waals surface area (Å²) in [6.07, 6.45) is 5.28. The quantitative estimate of drug-likeness (QED) is 0.441. The monoisotopic (exact) mass is 415 g/mol. The van der Waals surface area contributed by atoms with Gasteiger partial charge in [-0.1, -0.05) is 41.4 Å². The molecule has 26 heavy (non-hydrogen) atoms. The van der Waals surface area contributed by atoms with Crippen molar-refractivity contribution in [2.45, 2.75) is 39.0 Å². The summed E-state index contributed by atoms with van der Waals surface area (Å²) in [4.78, 5) is 6.10. The highest BCUT2D eigenvalue weighted by Gasteiger charge is 2.14. The summed E-state index contributed by atoms with van der Waals surface area (Å²) in [5.41, 5.74) is 2.40. The molecule has 0 bridgehead atoms. The second-order valence-corrected chi connectivity index (χ2v) is 7.47. The molecule has 138 valence electrons. The van der Waals surface area contributed by atoms with Crippen molar-refractivity contribution >= 4 is 26.8 Å². The predicted molar refractivity (Wildman–Crippen MR) is 110 cm³/mol. The van der Waals surface area contributed by atoms with Crippen molar-refractivity contribution in [1.82, 2.24) is 15.3 Å². The largest absolute Gasteiger partial charge is 0.406 e. The number of benzene rings is 2. The Morgan fingerprint density at radius 1 is 1.12 bits per heavy atom. The topological polar surface area (TPSA) is 41.1 Å². The number of fused-ring (bicyclic) bond motifs is 1. The number of nitrogens with one attached hydrogen (secondary N) is 1. The summed E-state index contributed by atoms with van der Waals surface area (Å²) in [6.45, 7) is 6.13. The maximum atomic E-state index is 6.10. The summed E-state index contributed by atoms with van der Waals surface area (Å²) in [5.74, 6) is 1.40. The average Bonchev–Trinajstić information content (AvgIpc) is 3.12. The van der Waals surface area contributed by atoms with Crippen LogP contribution in [-0.4, -0.2) is 28.4 Å². The number of hydrogen-bond donors (Lipinski definition) is 1.